The van der Waals surface area contributed by atoms with E-state index in [0.29, 0.717) is 22.7 Å². The van der Waals surface area contributed by atoms with Crippen molar-refractivity contribution in [2.24, 2.45) is 0 Å². The molecule has 3 N–H and O–H groups in total. The fourth-order valence-electron chi connectivity index (χ4n) is 4.10. The lowest BCUT2D eigenvalue weighted by atomic mass is 10.1. The van der Waals surface area contributed by atoms with Crippen molar-refractivity contribution in [2.45, 2.75) is 0 Å². The Morgan fingerprint density at radius 3 is 2.59 bits per heavy atom. The lowest BCUT2D eigenvalue weighted by Crippen LogP contribution is -2.44. The fourth-order valence-corrected chi connectivity index (χ4v) is 4.10. The number of aromatic hydroxyl groups is 1. The third-order valence-electron chi connectivity index (χ3n) is 5.87. The molecule has 0 atom stereocenters. The van der Waals surface area contributed by atoms with Gasteiger partial charge in [0, 0.05) is 37.9 Å². The molecule has 0 radical (unpaired) electrons. The van der Waals surface area contributed by atoms with Crippen LogP contribution in [0.25, 0.3) is 44.8 Å². The van der Waals surface area contributed by atoms with Crippen LogP contribution in [0.2, 0.25) is 0 Å². The number of piperazine rings is 1. The topological polar surface area (TPSA) is 123 Å². The molecule has 0 aromatic carbocycles. The quantitative estimate of drug-likeness (QED) is 0.401. The largest absolute Gasteiger partial charge is 0.506 e. The molecule has 1 aliphatic heterocycles. The number of likely N-dealkylation sites (N-methyl/N-ethyl adjacent to an activating group) is 1. The minimum atomic E-state index is 0.0954. The lowest BCUT2D eigenvalue weighted by Gasteiger charge is -2.33. The van der Waals surface area contributed by atoms with E-state index in [1.165, 1.54) is 6.20 Å². The number of anilines is 1. The maximum atomic E-state index is 9.77. The fraction of sp³-hybridized carbons (Fsp3) is 0.227. The Labute approximate surface area is 183 Å². The number of hydrogen-bond acceptors (Lipinski definition) is 8. The third kappa shape index (κ3) is 3.12. The summed E-state index contributed by atoms with van der Waals surface area (Å²) < 4.78 is 0. The molecule has 0 bridgehead atoms. The second-order valence-electron chi connectivity index (χ2n) is 8.03. The first-order valence-corrected chi connectivity index (χ1v) is 10.4. The Kier molecular flexibility index (Phi) is 4.25. The number of nitrogens with one attached hydrogen (secondary N) is 2. The standard InChI is InChI=1S/C22H21N9O/c1-30-4-6-31(7-5-30)18-12-24-11-17-19(18)27-22(26-17)21-20-16(28-29-21)3-2-15(25-20)13-8-14(32)10-23-9-13/h2-3,8-12,32H,4-7H2,1H3,(H,26,27)(H,28,29). The van der Waals surface area contributed by atoms with Crippen molar-refractivity contribution in [3.05, 3.63) is 43.0 Å². The summed E-state index contributed by atoms with van der Waals surface area (Å²) in [6.45, 7) is 3.89. The van der Waals surface area contributed by atoms with Gasteiger partial charge in [0.25, 0.3) is 0 Å². The van der Waals surface area contributed by atoms with E-state index in [0.717, 1.165) is 54.0 Å². The van der Waals surface area contributed by atoms with Crippen LogP contribution >= 0.6 is 0 Å². The Bertz CT molecular complexity index is 1430. The predicted molar refractivity (Wildman–Crippen MR) is 121 cm³/mol. The molecule has 0 unspecified atom stereocenters. The first kappa shape index (κ1) is 18.7. The monoisotopic (exact) mass is 427 g/mol. The van der Waals surface area contributed by atoms with Crippen LogP contribution in [0.5, 0.6) is 5.75 Å². The number of fused-ring (bicyclic) bond motifs is 2. The molecule has 10 nitrogen and oxygen atoms in total. The zero-order chi connectivity index (χ0) is 21.7. The van der Waals surface area contributed by atoms with E-state index in [4.69, 9.17) is 9.97 Å². The van der Waals surface area contributed by atoms with Crippen molar-refractivity contribution >= 4 is 27.8 Å². The first-order chi connectivity index (χ1) is 15.7. The van der Waals surface area contributed by atoms with Gasteiger partial charge in [-0.15, -0.1) is 0 Å². The molecular formula is C22H21N9O. The number of hydrogen-bond donors (Lipinski definition) is 3. The highest BCUT2D eigenvalue weighted by Crippen LogP contribution is 2.31. The van der Waals surface area contributed by atoms with Gasteiger partial charge < -0.3 is 19.9 Å². The average Bonchev–Trinajstić information content (AvgIpc) is 3.43. The molecular weight excluding hydrogens is 406 g/mol. The molecule has 6 heterocycles. The molecule has 5 aromatic heterocycles. The van der Waals surface area contributed by atoms with Crippen LogP contribution in [0, 0.1) is 0 Å². The van der Waals surface area contributed by atoms with Crippen molar-refractivity contribution < 1.29 is 5.11 Å². The van der Waals surface area contributed by atoms with Gasteiger partial charge in [0.2, 0.25) is 0 Å². The van der Waals surface area contributed by atoms with Crippen LogP contribution in [0.1, 0.15) is 0 Å². The molecule has 0 amide bonds. The van der Waals surface area contributed by atoms with Crippen LogP contribution in [0.15, 0.2) is 43.0 Å². The number of imidazole rings is 1. The van der Waals surface area contributed by atoms with Crippen molar-refractivity contribution in [2.75, 3.05) is 38.1 Å². The summed E-state index contributed by atoms with van der Waals surface area (Å²) in [6.07, 6.45) is 6.73. The van der Waals surface area contributed by atoms with E-state index in [1.54, 1.807) is 18.5 Å². The third-order valence-corrected chi connectivity index (χ3v) is 5.87. The van der Waals surface area contributed by atoms with E-state index in [2.05, 4.69) is 42.0 Å². The van der Waals surface area contributed by atoms with Gasteiger partial charge in [-0.2, -0.15) is 5.10 Å². The van der Waals surface area contributed by atoms with Gasteiger partial charge in [0.05, 0.1) is 41.0 Å². The summed E-state index contributed by atoms with van der Waals surface area (Å²) in [7, 11) is 2.14. The molecule has 160 valence electrons. The van der Waals surface area contributed by atoms with E-state index in [-0.39, 0.29) is 5.75 Å². The molecule has 0 saturated carbocycles. The average molecular weight is 427 g/mol. The van der Waals surface area contributed by atoms with Gasteiger partial charge in [-0.25, -0.2) is 9.97 Å². The highest BCUT2D eigenvalue weighted by molar-refractivity contribution is 5.94. The van der Waals surface area contributed by atoms with Gasteiger partial charge in [0.15, 0.2) is 11.5 Å². The Hall–Kier alpha value is -4.05. The number of aromatic amines is 2. The van der Waals surface area contributed by atoms with Gasteiger partial charge in [-0.3, -0.25) is 15.1 Å². The summed E-state index contributed by atoms with van der Waals surface area (Å²) in [5, 5.41) is 17.3. The van der Waals surface area contributed by atoms with Gasteiger partial charge in [-0.05, 0) is 25.2 Å². The van der Waals surface area contributed by atoms with Crippen LogP contribution in [-0.2, 0) is 0 Å². The second-order valence-corrected chi connectivity index (χ2v) is 8.03. The predicted octanol–water partition coefficient (Wildman–Crippen LogP) is 2.42. The number of rotatable bonds is 3. The second kappa shape index (κ2) is 7.27. The van der Waals surface area contributed by atoms with Crippen molar-refractivity contribution in [1.82, 2.24) is 40.0 Å². The normalized spacial score (nSPS) is 15.1. The smallest absolute Gasteiger partial charge is 0.161 e. The maximum absolute atomic E-state index is 9.77. The van der Waals surface area contributed by atoms with E-state index in [1.807, 2.05) is 18.3 Å². The highest BCUT2D eigenvalue weighted by atomic mass is 16.3. The minimum Gasteiger partial charge on any atom is -0.506 e. The summed E-state index contributed by atoms with van der Waals surface area (Å²) in [6, 6.07) is 5.42. The Balaban J connectivity index is 1.44. The van der Waals surface area contributed by atoms with Gasteiger partial charge in [-0.1, -0.05) is 0 Å². The molecule has 0 spiro atoms. The SMILES string of the molecule is CN1CCN(c2cncc3[nH]c(-c4n[nH]c5ccc(-c6cncc(O)c6)nc45)nc23)CC1. The van der Waals surface area contributed by atoms with Crippen molar-refractivity contribution in [3.8, 4) is 28.5 Å². The molecule has 1 saturated heterocycles. The Morgan fingerprint density at radius 2 is 1.75 bits per heavy atom. The molecule has 1 fully saturated rings. The summed E-state index contributed by atoms with van der Waals surface area (Å²) in [5.41, 5.74) is 6.32. The molecule has 32 heavy (non-hydrogen) atoms. The molecule has 5 aromatic rings. The Morgan fingerprint density at radius 1 is 0.906 bits per heavy atom. The number of nitrogens with zero attached hydrogens (tertiary/aromatic N) is 7. The van der Waals surface area contributed by atoms with Crippen LogP contribution in [0.3, 0.4) is 0 Å². The minimum absolute atomic E-state index is 0.0954. The molecule has 6 rings (SSSR count). The van der Waals surface area contributed by atoms with E-state index < -0.39 is 0 Å². The first-order valence-electron chi connectivity index (χ1n) is 10.4. The van der Waals surface area contributed by atoms with Gasteiger partial charge >= 0.3 is 0 Å². The molecule has 0 aliphatic carbocycles. The summed E-state index contributed by atoms with van der Waals surface area (Å²) >= 11 is 0. The zero-order valence-corrected chi connectivity index (χ0v) is 17.4. The van der Waals surface area contributed by atoms with E-state index >= 15 is 0 Å². The molecule has 1 aliphatic rings. The van der Waals surface area contributed by atoms with Crippen LogP contribution in [0.4, 0.5) is 5.69 Å². The number of aromatic nitrogens is 7. The van der Waals surface area contributed by atoms with Crippen LogP contribution < -0.4 is 4.90 Å². The summed E-state index contributed by atoms with van der Waals surface area (Å²) in [4.78, 5) is 26.2. The van der Waals surface area contributed by atoms with Crippen molar-refractivity contribution in [3.63, 3.8) is 0 Å². The van der Waals surface area contributed by atoms with Crippen LogP contribution in [-0.4, -0.2) is 78.4 Å². The van der Waals surface area contributed by atoms with Crippen molar-refractivity contribution in [1.29, 1.82) is 0 Å². The maximum Gasteiger partial charge on any atom is 0.161 e. The molecule has 10 heteroatoms. The zero-order valence-electron chi connectivity index (χ0n) is 17.4. The number of pyridine rings is 3. The summed E-state index contributed by atoms with van der Waals surface area (Å²) in [5.74, 6) is 0.728. The van der Waals surface area contributed by atoms with Gasteiger partial charge in [0.1, 0.15) is 16.8 Å². The highest BCUT2D eigenvalue weighted by Gasteiger charge is 2.21. The number of H-pyrrole nitrogens is 2. The lowest BCUT2D eigenvalue weighted by molar-refractivity contribution is 0.313. The van der Waals surface area contributed by atoms with E-state index in [9.17, 15) is 5.11 Å².